The van der Waals surface area contributed by atoms with Crippen molar-refractivity contribution in [2.75, 3.05) is 0 Å². The monoisotopic (exact) mass is 282 g/mol. The number of rotatable bonds is 3. The van der Waals surface area contributed by atoms with Gasteiger partial charge in [0.25, 0.3) is 5.89 Å². The molecule has 106 valence electrons. The molecule has 0 bridgehead atoms. The van der Waals surface area contributed by atoms with E-state index < -0.39 is 0 Å². The molecule has 0 radical (unpaired) electrons. The number of benzene rings is 2. The van der Waals surface area contributed by atoms with Gasteiger partial charge in [-0.2, -0.15) is 4.98 Å². The summed E-state index contributed by atoms with van der Waals surface area (Å²) >= 11 is 0. The molecule has 0 aliphatic rings. The number of nitrogens with zero attached hydrogens (tertiary/aromatic N) is 2. The third kappa shape index (κ3) is 2.45. The Balaban J connectivity index is 1.97. The van der Waals surface area contributed by atoms with Gasteiger partial charge in [0.2, 0.25) is 5.82 Å². The zero-order valence-corrected chi connectivity index (χ0v) is 11.4. The first-order chi connectivity index (χ1) is 10.2. The molecule has 2 N–H and O–H groups in total. The predicted octanol–water partition coefficient (Wildman–Crippen LogP) is 3.38. The molecule has 0 atom stereocenters. The molecule has 0 spiro atoms. The maximum Gasteiger partial charge on any atom is 0.262 e. The lowest BCUT2D eigenvalue weighted by atomic mass is 10.1. The van der Waals surface area contributed by atoms with Gasteiger partial charge in [0.15, 0.2) is 11.5 Å². The summed E-state index contributed by atoms with van der Waals surface area (Å²) in [5, 5.41) is 23.2. The van der Waals surface area contributed by atoms with Crippen LogP contribution in [-0.2, 0) is 6.42 Å². The van der Waals surface area contributed by atoms with E-state index in [0.717, 1.165) is 12.0 Å². The highest BCUT2D eigenvalue weighted by Crippen LogP contribution is 2.35. The Morgan fingerprint density at radius 3 is 2.52 bits per heavy atom. The molecule has 1 aromatic heterocycles. The first-order valence-corrected chi connectivity index (χ1v) is 6.63. The van der Waals surface area contributed by atoms with Crippen LogP contribution in [0.5, 0.6) is 11.5 Å². The number of aromatic nitrogens is 2. The Bertz CT molecular complexity index is 763. The van der Waals surface area contributed by atoms with Crippen LogP contribution < -0.4 is 0 Å². The average molecular weight is 282 g/mol. The van der Waals surface area contributed by atoms with Crippen LogP contribution in [0.3, 0.4) is 0 Å². The zero-order valence-electron chi connectivity index (χ0n) is 11.4. The first kappa shape index (κ1) is 13.2. The summed E-state index contributed by atoms with van der Waals surface area (Å²) in [5.74, 6) is 0.113. The first-order valence-electron chi connectivity index (χ1n) is 6.63. The van der Waals surface area contributed by atoms with Crippen LogP contribution in [-0.4, -0.2) is 20.4 Å². The molecular formula is C16H14N2O3. The number of aryl methyl sites for hydroxylation is 1. The van der Waals surface area contributed by atoms with E-state index in [1.54, 1.807) is 12.1 Å². The fraction of sp³-hybridized carbons (Fsp3) is 0.125. The van der Waals surface area contributed by atoms with E-state index in [0.29, 0.717) is 11.4 Å². The largest absolute Gasteiger partial charge is 0.504 e. The lowest BCUT2D eigenvalue weighted by molar-refractivity contribution is 0.397. The molecule has 5 heteroatoms. The SMILES string of the molecule is CCc1ccc(-c2noc(-c3cccc(O)c3O)n2)cc1. The smallest absolute Gasteiger partial charge is 0.262 e. The molecule has 0 amide bonds. The summed E-state index contributed by atoms with van der Waals surface area (Å²) < 4.78 is 5.17. The maximum atomic E-state index is 9.82. The molecule has 2 aromatic carbocycles. The number of hydrogen-bond donors (Lipinski definition) is 2. The standard InChI is InChI=1S/C16H14N2O3/c1-2-10-6-8-11(9-7-10)15-17-16(21-18-15)12-4-3-5-13(19)14(12)20/h3-9,19-20H,2H2,1H3. The van der Waals surface area contributed by atoms with Gasteiger partial charge in [0.1, 0.15) is 0 Å². The molecule has 0 saturated carbocycles. The minimum Gasteiger partial charge on any atom is -0.504 e. The molecule has 0 aliphatic heterocycles. The van der Waals surface area contributed by atoms with Crippen LogP contribution in [0.25, 0.3) is 22.8 Å². The third-order valence-corrected chi connectivity index (χ3v) is 3.29. The highest BCUT2D eigenvalue weighted by atomic mass is 16.5. The van der Waals surface area contributed by atoms with Crippen LogP contribution in [0.1, 0.15) is 12.5 Å². The fourth-order valence-electron chi connectivity index (χ4n) is 2.04. The molecule has 0 saturated heterocycles. The molecule has 3 aromatic rings. The van der Waals surface area contributed by atoms with Crippen molar-refractivity contribution in [3.63, 3.8) is 0 Å². The number of para-hydroxylation sites is 1. The minimum absolute atomic E-state index is 0.165. The lowest BCUT2D eigenvalue weighted by Crippen LogP contribution is -1.84. The van der Waals surface area contributed by atoms with Crippen LogP contribution in [0.15, 0.2) is 47.0 Å². The van der Waals surface area contributed by atoms with Crippen molar-refractivity contribution in [3.8, 4) is 34.3 Å². The summed E-state index contributed by atoms with van der Waals surface area (Å²) in [6, 6.07) is 12.5. The summed E-state index contributed by atoms with van der Waals surface area (Å²) in [6.45, 7) is 2.09. The second kappa shape index (κ2) is 5.28. The van der Waals surface area contributed by atoms with Crippen molar-refractivity contribution in [2.45, 2.75) is 13.3 Å². The van der Waals surface area contributed by atoms with Gasteiger partial charge in [-0.15, -0.1) is 0 Å². The van der Waals surface area contributed by atoms with Gasteiger partial charge in [-0.1, -0.05) is 42.4 Å². The lowest BCUT2D eigenvalue weighted by Gasteiger charge is -2.00. The van der Waals surface area contributed by atoms with Gasteiger partial charge in [0, 0.05) is 5.56 Å². The Labute approximate surface area is 121 Å². The summed E-state index contributed by atoms with van der Waals surface area (Å²) in [5.41, 5.74) is 2.37. The predicted molar refractivity (Wildman–Crippen MR) is 77.9 cm³/mol. The molecule has 0 unspecified atom stereocenters. The normalized spacial score (nSPS) is 10.7. The molecule has 0 fully saturated rings. The molecule has 1 heterocycles. The summed E-state index contributed by atoms with van der Waals surface area (Å²) in [4.78, 5) is 4.26. The van der Waals surface area contributed by atoms with Gasteiger partial charge in [0.05, 0.1) is 5.56 Å². The zero-order chi connectivity index (χ0) is 14.8. The number of hydrogen-bond acceptors (Lipinski definition) is 5. The Kier molecular flexibility index (Phi) is 3.31. The minimum atomic E-state index is -0.269. The van der Waals surface area contributed by atoms with Crippen LogP contribution in [0.2, 0.25) is 0 Å². The number of aromatic hydroxyl groups is 2. The highest BCUT2D eigenvalue weighted by Gasteiger charge is 2.15. The Morgan fingerprint density at radius 2 is 1.81 bits per heavy atom. The van der Waals surface area contributed by atoms with Crippen molar-refractivity contribution in [2.24, 2.45) is 0 Å². The van der Waals surface area contributed by atoms with E-state index in [1.165, 1.54) is 11.6 Å². The number of phenols is 2. The fourth-order valence-corrected chi connectivity index (χ4v) is 2.04. The van der Waals surface area contributed by atoms with Crippen molar-refractivity contribution in [1.29, 1.82) is 0 Å². The molecular weight excluding hydrogens is 268 g/mol. The Hall–Kier alpha value is -2.82. The van der Waals surface area contributed by atoms with E-state index in [4.69, 9.17) is 4.52 Å². The van der Waals surface area contributed by atoms with Crippen molar-refractivity contribution < 1.29 is 14.7 Å². The summed E-state index contributed by atoms with van der Waals surface area (Å²) in [6.07, 6.45) is 0.967. The molecule has 0 aliphatic carbocycles. The van der Waals surface area contributed by atoms with Gasteiger partial charge in [-0.05, 0) is 24.1 Å². The van der Waals surface area contributed by atoms with Crippen molar-refractivity contribution in [1.82, 2.24) is 10.1 Å². The van der Waals surface area contributed by atoms with Gasteiger partial charge >= 0.3 is 0 Å². The second-order valence-corrected chi connectivity index (χ2v) is 4.65. The average Bonchev–Trinajstić information content (AvgIpc) is 3.00. The van der Waals surface area contributed by atoms with E-state index in [-0.39, 0.29) is 17.4 Å². The van der Waals surface area contributed by atoms with E-state index >= 15 is 0 Å². The second-order valence-electron chi connectivity index (χ2n) is 4.65. The molecule has 5 nitrogen and oxygen atoms in total. The molecule has 21 heavy (non-hydrogen) atoms. The molecule has 3 rings (SSSR count). The van der Waals surface area contributed by atoms with Gasteiger partial charge in [-0.25, -0.2) is 0 Å². The topological polar surface area (TPSA) is 79.4 Å². The van der Waals surface area contributed by atoms with Crippen LogP contribution in [0, 0.1) is 0 Å². The highest BCUT2D eigenvalue weighted by molar-refractivity contribution is 5.68. The van der Waals surface area contributed by atoms with E-state index in [9.17, 15) is 10.2 Å². The van der Waals surface area contributed by atoms with Crippen LogP contribution >= 0.6 is 0 Å². The van der Waals surface area contributed by atoms with Crippen molar-refractivity contribution >= 4 is 0 Å². The Morgan fingerprint density at radius 1 is 1.05 bits per heavy atom. The van der Waals surface area contributed by atoms with Crippen molar-refractivity contribution in [3.05, 3.63) is 48.0 Å². The van der Waals surface area contributed by atoms with Gasteiger partial charge < -0.3 is 14.7 Å². The number of phenolic OH excluding ortho intramolecular Hbond substituents is 2. The van der Waals surface area contributed by atoms with Gasteiger partial charge in [-0.3, -0.25) is 0 Å². The third-order valence-electron chi connectivity index (χ3n) is 3.29. The van der Waals surface area contributed by atoms with Crippen LogP contribution in [0.4, 0.5) is 0 Å². The quantitative estimate of drug-likeness (QED) is 0.720. The summed E-state index contributed by atoms with van der Waals surface area (Å²) in [7, 11) is 0. The van der Waals surface area contributed by atoms with E-state index in [2.05, 4.69) is 17.1 Å². The maximum absolute atomic E-state index is 9.82. The van der Waals surface area contributed by atoms with E-state index in [1.807, 2.05) is 24.3 Å².